The van der Waals surface area contributed by atoms with Gasteiger partial charge in [-0.3, -0.25) is 4.79 Å². The summed E-state index contributed by atoms with van der Waals surface area (Å²) in [5.41, 5.74) is 3.54. The first-order valence-electron chi connectivity index (χ1n) is 8.46. The SMILES string of the molecule is CC(=O)Nc1cc(-c2cccc3[nH]ccc23)cc(-c2ccc(F)cc2)c1F. The Morgan fingerprint density at radius 3 is 2.44 bits per heavy atom. The molecule has 3 nitrogen and oxygen atoms in total. The van der Waals surface area contributed by atoms with Crippen LogP contribution in [-0.4, -0.2) is 10.9 Å². The number of carbonyl (C=O) groups excluding carboxylic acids is 1. The van der Waals surface area contributed by atoms with E-state index in [0.29, 0.717) is 11.1 Å². The number of halogens is 2. The second kappa shape index (κ2) is 6.68. The number of nitrogens with one attached hydrogen (secondary N) is 2. The molecule has 0 aliphatic rings. The number of rotatable bonds is 3. The van der Waals surface area contributed by atoms with Crippen molar-refractivity contribution in [3.8, 4) is 22.3 Å². The summed E-state index contributed by atoms with van der Waals surface area (Å²) < 4.78 is 28.3. The van der Waals surface area contributed by atoms with E-state index in [0.717, 1.165) is 22.0 Å². The molecule has 0 radical (unpaired) electrons. The van der Waals surface area contributed by atoms with Crippen LogP contribution in [0.2, 0.25) is 0 Å². The van der Waals surface area contributed by atoms with Crippen LogP contribution in [0.5, 0.6) is 0 Å². The Hall–Kier alpha value is -3.47. The Labute approximate surface area is 154 Å². The number of aromatic nitrogens is 1. The average Bonchev–Trinajstić information content (AvgIpc) is 3.13. The van der Waals surface area contributed by atoms with Crippen LogP contribution in [0.1, 0.15) is 6.92 Å². The molecule has 0 aliphatic carbocycles. The van der Waals surface area contributed by atoms with E-state index in [-0.39, 0.29) is 11.6 Å². The maximum atomic E-state index is 15.1. The second-order valence-electron chi connectivity index (χ2n) is 6.32. The van der Waals surface area contributed by atoms with Gasteiger partial charge in [-0.25, -0.2) is 8.78 Å². The Bertz CT molecular complexity index is 1150. The molecule has 0 atom stereocenters. The van der Waals surface area contributed by atoms with Gasteiger partial charge >= 0.3 is 0 Å². The number of H-pyrrole nitrogens is 1. The summed E-state index contributed by atoms with van der Waals surface area (Å²) in [5.74, 6) is -1.31. The van der Waals surface area contributed by atoms with Crippen LogP contribution in [0.15, 0.2) is 66.9 Å². The Morgan fingerprint density at radius 1 is 0.926 bits per heavy atom. The van der Waals surface area contributed by atoms with E-state index in [4.69, 9.17) is 0 Å². The highest BCUT2D eigenvalue weighted by Crippen LogP contribution is 2.36. The molecule has 5 heteroatoms. The lowest BCUT2D eigenvalue weighted by Gasteiger charge is -2.14. The fourth-order valence-corrected chi connectivity index (χ4v) is 3.24. The first-order valence-corrected chi connectivity index (χ1v) is 8.46. The van der Waals surface area contributed by atoms with E-state index in [1.807, 2.05) is 30.5 Å². The molecule has 134 valence electrons. The highest BCUT2D eigenvalue weighted by molar-refractivity contribution is 5.98. The van der Waals surface area contributed by atoms with Crippen molar-refractivity contribution in [2.75, 3.05) is 5.32 Å². The van der Waals surface area contributed by atoms with Crippen LogP contribution in [0.25, 0.3) is 33.2 Å². The van der Waals surface area contributed by atoms with Crippen LogP contribution in [0.3, 0.4) is 0 Å². The standard InChI is InChI=1S/C22H16F2N2O/c1-13(27)26-21-12-15(17-3-2-4-20-18(17)9-10-25-20)11-19(22(21)24)14-5-7-16(23)8-6-14/h2-12,25H,1H3,(H,26,27). The summed E-state index contributed by atoms with van der Waals surface area (Å²) in [7, 11) is 0. The van der Waals surface area contributed by atoms with Gasteiger partial charge in [-0.15, -0.1) is 0 Å². The third kappa shape index (κ3) is 3.19. The number of amides is 1. The monoisotopic (exact) mass is 362 g/mol. The maximum absolute atomic E-state index is 15.1. The van der Waals surface area contributed by atoms with Crippen molar-refractivity contribution in [2.45, 2.75) is 6.92 Å². The van der Waals surface area contributed by atoms with Gasteiger partial charge in [-0.1, -0.05) is 24.3 Å². The highest BCUT2D eigenvalue weighted by Gasteiger charge is 2.16. The zero-order chi connectivity index (χ0) is 19.0. The van der Waals surface area contributed by atoms with Gasteiger partial charge in [0.05, 0.1) is 5.69 Å². The minimum atomic E-state index is -0.554. The third-order valence-electron chi connectivity index (χ3n) is 4.44. The van der Waals surface area contributed by atoms with Crippen molar-refractivity contribution < 1.29 is 13.6 Å². The first-order chi connectivity index (χ1) is 13.0. The summed E-state index contributed by atoms with van der Waals surface area (Å²) in [5, 5.41) is 3.54. The van der Waals surface area contributed by atoms with Gasteiger partial charge in [0.1, 0.15) is 5.82 Å². The van der Waals surface area contributed by atoms with E-state index >= 15 is 4.39 Å². The fraction of sp³-hybridized carbons (Fsp3) is 0.0455. The van der Waals surface area contributed by atoms with Crippen molar-refractivity contribution in [3.05, 3.63) is 78.5 Å². The predicted octanol–water partition coefficient (Wildman–Crippen LogP) is 5.74. The third-order valence-corrected chi connectivity index (χ3v) is 4.44. The molecular formula is C22H16F2N2O. The summed E-state index contributed by atoms with van der Waals surface area (Å²) in [6.45, 7) is 1.33. The maximum Gasteiger partial charge on any atom is 0.221 e. The lowest BCUT2D eigenvalue weighted by molar-refractivity contribution is -0.114. The first kappa shape index (κ1) is 17.0. The molecule has 27 heavy (non-hydrogen) atoms. The average molecular weight is 362 g/mol. The van der Waals surface area contributed by atoms with Crippen LogP contribution in [-0.2, 0) is 4.79 Å². The van der Waals surface area contributed by atoms with Gasteiger partial charge in [0, 0.05) is 29.6 Å². The summed E-state index contributed by atoms with van der Waals surface area (Å²) >= 11 is 0. The molecule has 1 amide bonds. The number of benzene rings is 3. The Kier molecular flexibility index (Phi) is 4.20. The minimum absolute atomic E-state index is 0.0897. The number of carbonyl (C=O) groups is 1. The van der Waals surface area contributed by atoms with E-state index in [1.165, 1.54) is 31.2 Å². The second-order valence-corrected chi connectivity index (χ2v) is 6.32. The lowest BCUT2D eigenvalue weighted by atomic mass is 9.95. The molecular weight excluding hydrogens is 346 g/mol. The summed E-state index contributed by atoms with van der Waals surface area (Å²) in [6, 6.07) is 16.7. The van der Waals surface area contributed by atoms with Crippen molar-refractivity contribution in [2.24, 2.45) is 0 Å². The van der Waals surface area contributed by atoms with E-state index in [1.54, 1.807) is 12.1 Å². The van der Waals surface area contributed by atoms with Gasteiger partial charge in [0.15, 0.2) is 5.82 Å². The number of fused-ring (bicyclic) bond motifs is 1. The van der Waals surface area contributed by atoms with Gasteiger partial charge in [-0.05, 0) is 53.1 Å². The molecule has 0 saturated heterocycles. The van der Waals surface area contributed by atoms with E-state index in [9.17, 15) is 9.18 Å². The number of hydrogen-bond donors (Lipinski definition) is 2. The van der Waals surface area contributed by atoms with Crippen LogP contribution in [0.4, 0.5) is 14.5 Å². The molecule has 1 heterocycles. The largest absolute Gasteiger partial charge is 0.361 e. The smallest absolute Gasteiger partial charge is 0.221 e. The number of aromatic amines is 1. The normalized spacial score (nSPS) is 10.9. The quantitative estimate of drug-likeness (QED) is 0.480. The Morgan fingerprint density at radius 2 is 1.70 bits per heavy atom. The Balaban J connectivity index is 1.96. The van der Waals surface area contributed by atoms with Crippen molar-refractivity contribution in [3.63, 3.8) is 0 Å². The number of anilines is 1. The van der Waals surface area contributed by atoms with Crippen LogP contribution in [0, 0.1) is 11.6 Å². The molecule has 0 aliphatic heterocycles. The van der Waals surface area contributed by atoms with Gasteiger partial charge in [-0.2, -0.15) is 0 Å². The topological polar surface area (TPSA) is 44.9 Å². The predicted molar refractivity (Wildman–Crippen MR) is 103 cm³/mol. The van der Waals surface area contributed by atoms with Crippen molar-refractivity contribution in [1.29, 1.82) is 0 Å². The molecule has 1 aromatic heterocycles. The van der Waals surface area contributed by atoms with Crippen molar-refractivity contribution in [1.82, 2.24) is 4.98 Å². The summed E-state index contributed by atoms with van der Waals surface area (Å²) in [6.07, 6.45) is 1.84. The molecule has 0 fully saturated rings. The highest BCUT2D eigenvalue weighted by atomic mass is 19.1. The molecule has 0 saturated carbocycles. The van der Waals surface area contributed by atoms with Gasteiger partial charge in [0.2, 0.25) is 5.91 Å². The van der Waals surface area contributed by atoms with Crippen molar-refractivity contribution >= 4 is 22.5 Å². The van der Waals surface area contributed by atoms with E-state index < -0.39 is 11.6 Å². The zero-order valence-electron chi connectivity index (χ0n) is 14.5. The molecule has 0 unspecified atom stereocenters. The molecule has 2 N–H and O–H groups in total. The molecule has 0 spiro atoms. The number of hydrogen-bond acceptors (Lipinski definition) is 1. The van der Waals surface area contributed by atoms with Gasteiger partial charge < -0.3 is 10.3 Å². The fourth-order valence-electron chi connectivity index (χ4n) is 3.24. The molecule has 4 aromatic rings. The van der Waals surface area contributed by atoms with Crippen LogP contribution >= 0.6 is 0 Å². The van der Waals surface area contributed by atoms with Crippen LogP contribution < -0.4 is 5.32 Å². The molecule has 0 bridgehead atoms. The summed E-state index contributed by atoms with van der Waals surface area (Å²) in [4.78, 5) is 14.7. The molecule has 3 aromatic carbocycles. The lowest BCUT2D eigenvalue weighted by Crippen LogP contribution is -2.08. The molecule has 4 rings (SSSR count). The zero-order valence-corrected chi connectivity index (χ0v) is 14.5. The minimum Gasteiger partial charge on any atom is -0.361 e. The van der Waals surface area contributed by atoms with Gasteiger partial charge in [0.25, 0.3) is 0 Å². The van der Waals surface area contributed by atoms with E-state index in [2.05, 4.69) is 10.3 Å².